The highest BCUT2D eigenvalue weighted by atomic mass is 35.5. The molecule has 3 aliphatic heterocycles. The van der Waals surface area contributed by atoms with Crippen LogP contribution in [0.5, 0.6) is 17.2 Å². The number of piperidine rings is 3. The van der Waals surface area contributed by atoms with Gasteiger partial charge in [0.15, 0.2) is 29.9 Å². The number of esters is 2. The molecule has 2 bridgehead atoms. The van der Waals surface area contributed by atoms with Gasteiger partial charge in [0.2, 0.25) is 0 Å². The summed E-state index contributed by atoms with van der Waals surface area (Å²) < 4.78 is 28.5. The first kappa shape index (κ1) is 35.3. The molecule has 50 heavy (non-hydrogen) atoms. The molecule has 0 saturated carbocycles. The number of carbonyl (C=O) groups excluding carboxylic acids is 2. The SMILES string of the molecule is COc1ccc(C(Nc2ccc(C(=O)OC(Cc3c(Cl)c[nH+]cc3Cl)c3ccc(OC)c(OC)c3)cc2)C(=O)O[C@H]2CN3CCC2CC3)cc1. The monoisotopic (exact) mass is 720 g/mol. The summed E-state index contributed by atoms with van der Waals surface area (Å²) in [6.07, 6.45) is 4.61. The third-order valence-electron chi connectivity index (χ3n) is 9.40. The minimum atomic E-state index is -0.777. The maximum Gasteiger partial charge on any atom is 0.338 e. The van der Waals surface area contributed by atoms with Gasteiger partial charge in [0.05, 0.1) is 26.9 Å². The Morgan fingerprint density at radius 1 is 0.860 bits per heavy atom. The van der Waals surface area contributed by atoms with Crippen molar-refractivity contribution in [2.24, 2.45) is 5.92 Å². The number of nitrogens with one attached hydrogen (secondary N) is 2. The summed E-state index contributed by atoms with van der Waals surface area (Å²) in [7, 11) is 4.68. The lowest BCUT2D eigenvalue weighted by atomic mass is 9.86. The molecule has 0 aliphatic carbocycles. The Hall–Kier alpha value is -4.51. The normalized spacial score (nSPS) is 19.2. The van der Waals surface area contributed by atoms with Gasteiger partial charge in [-0.1, -0.05) is 41.4 Å². The van der Waals surface area contributed by atoms with Crippen LogP contribution < -0.4 is 24.5 Å². The van der Waals surface area contributed by atoms with Gasteiger partial charge in [0.1, 0.15) is 28.0 Å². The van der Waals surface area contributed by atoms with Crippen LogP contribution >= 0.6 is 23.2 Å². The highest BCUT2D eigenvalue weighted by molar-refractivity contribution is 6.35. The number of fused-ring (bicyclic) bond motifs is 3. The van der Waals surface area contributed by atoms with Crippen LogP contribution in [0.4, 0.5) is 5.69 Å². The number of halogens is 2. The first-order valence-electron chi connectivity index (χ1n) is 16.5. The fraction of sp³-hybridized carbons (Fsp3) is 0.342. The number of H-pyrrole nitrogens is 1. The number of benzene rings is 3. The molecule has 7 rings (SSSR count). The molecule has 1 aromatic heterocycles. The summed E-state index contributed by atoms with van der Waals surface area (Å²) in [6, 6.07) is 18.6. The predicted octanol–water partition coefficient (Wildman–Crippen LogP) is 6.76. The van der Waals surface area contributed by atoms with Crippen LogP contribution in [0.25, 0.3) is 0 Å². The van der Waals surface area contributed by atoms with E-state index >= 15 is 0 Å². The number of aromatic amines is 1. The minimum absolute atomic E-state index is 0.137. The van der Waals surface area contributed by atoms with Crippen molar-refractivity contribution in [2.75, 3.05) is 46.3 Å². The van der Waals surface area contributed by atoms with Crippen LogP contribution in [-0.2, 0) is 20.7 Å². The van der Waals surface area contributed by atoms with E-state index in [1.165, 1.54) is 7.11 Å². The van der Waals surface area contributed by atoms with Crippen LogP contribution in [-0.4, -0.2) is 63.9 Å². The summed E-state index contributed by atoms with van der Waals surface area (Å²) in [4.78, 5) is 32.6. The number of hydrogen-bond acceptors (Lipinski definition) is 9. The molecule has 3 aromatic carbocycles. The topological polar surface area (TPSA) is 110 Å². The Balaban J connectivity index is 1.21. The van der Waals surface area contributed by atoms with E-state index in [-0.39, 0.29) is 18.5 Å². The van der Waals surface area contributed by atoms with Gasteiger partial charge in [-0.15, -0.1) is 0 Å². The van der Waals surface area contributed by atoms with Crippen molar-refractivity contribution < 1.29 is 38.3 Å². The standard InChI is InChI=1S/C38H39Cl2N3O7/c1-46-28-11-6-24(7-12-28)36(38(45)50-35-22-43-16-14-23(35)15-17-43)42-27-9-4-25(5-10-27)37(44)49-33(19-29-30(39)20-41-21-31(29)40)26-8-13-32(47-2)34(18-26)48-3/h4-13,18,20-21,23,33,35-36,42H,14-17,19,22H2,1-3H3/p+1/t33?,35-,36?/m0/s1. The lowest BCUT2D eigenvalue weighted by molar-refractivity contribution is -0.377. The highest BCUT2D eigenvalue weighted by Crippen LogP contribution is 2.36. The Labute approximate surface area is 301 Å². The maximum atomic E-state index is 13.7. The smallest absolute Gasteiger partial charge is 0.338 e. The third-order valence-corrected chi connectivity index (χ3v) is 10.1. The maximum absolute atomic E-state index is 13.7. The average molecular weight is 722 g/mol. The summed E-state index contributed by atoms with van der Waals surface area (Å²) >= 11 is 13.0. The molecule has 3 aliphatic rings. The van der Waals surface area contributed by atoms with Gasteiger partial charge in [0, 0.05) is 24.2 Å². The zero-order chi connectivity index (χ0) is 35.2. The number of pyridine rings is 1. The van der Waals surface area contributed by atoms with E-state index in [1.54, 1.807) is 69.1 Å². The van der Waals surface area contributed by atoms with Gasteiger partial charge in [-0.05, 0) is 91.5 Å². The second-order valence-electron chi connectivity index (χ2n) is 12.4. The molecule has 4 aromatic rings. The molecule has 2 N–H and O–H groups in total. The number of rotatable bonds is 13. The zero-order valence-electron chi connectivity index (χ0n) is 28.1. The first-order chi connectivity index (χ1) is 24.3. The van der Waals surface area contributed by atoms with Gasteiger partial charge in [-0.25, -0.2) is 14.6 Å². The van der Waals surface area contributed by atoms with Crippen molar-refractivity contribution >= 4 is 40.8 Å². The van der Waals surface area contributed by atoms with Crippen molar-refractivity contribution in [1.82, 2.24) is 4.90 Å². The summed E-state index contributed by atoms with van der Waals surface area (Å²) in [5.74, 6) is 1.17. The molecule has 3 atom stereocenters. The number of ether oxygens (including phenoxy) is 5. The molecule has 4 heterocycles. The molecule has 3 saturated heterocycles. The van der Waals surface area contributed by atoms with Crippen LogP contribution in [0.3, 0.4) is 0 Å². The van der Waals surface area contributed by atoms with Gasteiger partial charge in [0.25, 0.3) is 0 Å². The van der Waals surface area contributed by atoms with Gasteiger partial charge < -0.3 is 29.0 Å². The molecule has 0 radical (unpaired) electrons. The Kier molecular flexibility index (Phi) is 11.3. The molecule has 12 heteroatoms. The fourth-order valence-corrected chi connectivity index (χ4v) is 7.07. The predicted molar refractivity (Wildman–Crippen MR) is 189 cm³/mol. The number of aromatic nitrogens is 1. The van der Waals surface area contributed by atoms with Crippen LogP contribution in [0.15, 0.2) is 79.1 Å². The lowest BCUT2D eigenvalue weighted by Crippen LogP contribution is -2.52. The molecular formula is C38H40Cl2N3O7+. The van der Waals surface area contributed by atoms with Crippen molar-refractivity contribution in [1.29, 1.82) is 0 Å². The average Bonchev–Trinajstić information content (AvgIpc) is 3.15. The number of nitrogens with zero attached hydrogens (tertiary/aromatic N) is 1. The summed E-state index contributed by atoms with van der Waals surface area (Å²) in [5, 5.41) is 4.15. The second kappa shape index (κ2) is 16.0. The number of carbonyl (C=O) groups is 2. The molecular weight excluding hydrogens is 681 g/mol. The zero-order valence-corrected chi connectivity index (χ0v) is 29.6. The molecule has 10 nitrogen and oxygen atoms in total. The molecule has 0 spiro atoms. The quantitative estimate of drug-likeness (QED) is 0.150. The number of methoxy groups -OCH3 is 3. The Morgan fingerprint density at radius 3 is 2.12 bits per heavy atom. The molecule has 262 valence electrons. The minimum Gasteiger partial charge on any atom is -0.497 e. The van der Waals surface area contributed by atoms with Crippen molar-refractivity contribution in [3.05, 3.63) is 111 Å². The van der Waals surface area contributed by atoms with E-state index in [2.05, 4.69) is 15.2 Å². The van der Waals surface area contributed by atoms with E-state index in [1.807, 2.05) is 24.3 Å². The summed E-state index contributed by atoms with van der Waals surface area (Å²) in [5.41, 5.74) is 2.96. The largest absolute Gasteiger partial charge is 0.497 e. The number of anilines is 1. The van der Waals surface area contributed by atoms with Gasteiger partial charge >= 0.3 is 11.9 Å². The van der Waals surface area contributed by atoms with Crippen LogP contribution in [0.2, 0.25) is 10.0 Å². The molecule has 3 fully saturated rings. The molecule has 2 unspecified atom stereocenters. The Morgan fingerprint density at radius 2 is 1.52 bits per heavy atom. The Bertz CT molecular complexity index is 1780. The van der Waals surface area contributed by atoms with E-state index in [0.29, 0.717) is 55.6 Å². The summed E-state index contributed by atoms with van der Waals surface area (Å²) in [6.45, 7) is 2.86. The van der Waals surface area contributed by atoms with Crippen LogP contribution in [0, 0.1) is 5.92 Å². The van der Waals surface area contributed by atoms with E-state index in [9.17, 15) is 9.59 Å². The van der Waals surface area contributed by atoms with E-state index in [0.717, 1.165) is 38.0 Å². The first-order valence-corrected chi connectivity index (χ1v) is 17.2. The van der Waals surface area contributed by atoms with Crippen molar-refractivity contribution in [3.8, 4) is 17.2 Å². The third kappa shape index (κ3) is 8.09. The van der Waals surface area contributed by atoms with Crippen molar-refractivity contribution in [2.45, 2.75) is 37.5 Å². The van der Waals surface area contributed by atoms with E-state index < -0.39 is 18.1 Å². The van der Waals surface area contributed by atoms with Crippen LogP contribution in [0.1, 0.15) is 52.0 Å². The van der Waals surface area contributed by atoms with Crippen molar-refractivity contribution in [3.63, 3.8) is 0 Å². The number of hydrogen-bond donors (Lipinski definition) is 1. The molecule has 0 amide bonds. The second-order valence-corrected chi connectivity index (χ2v) is 13.2. The van der Waals surface area contributed by atoms with E-state index in [4.69, 9.17) is 46.9 Å². The highest BCUT2D eigenvalue weighted by Gasteiger charge is 2.38. The van der Waals surface area contributed by atoms with Gasteiger partial charge in [-0.2, -0.15) is 0 Å². The lowest BCUT2D eigenvalue weighted by Gasteiger charge is -2.44. The van der Waals surface area contributed by atoms with Gasteiger partial charge in [-0.3, -0.25) is 4.90 Å². The fourth-order valence-electron chi connectivity index (χ4n) is 6.54.